The summed E-state index contributed by atoms with van der Waals surface area (Å²) in [6.45, 7) is 3.57. The van der Waals surface area contributed by atoms with Crippen molar-refractivity contribution >= 4 is 23.0 Å². The average molecular weight is 303 g/mol. The first-order valence-electron chi connectivity index (χ1n) is 7.21. The molecule has 0 aliphatic carbocycles. The minimum atomic E-state index is -0.0173. The Morgan fingerprint density at radius 3 is 2.76 bits per heavy atom. The molecule has 1 unspecified atom stereocenters. The summed E-state index contributed by atoms with van der Waals surface area (Å²) in [6, 6.07) is 14.1. The Bertz CT molecular complexity index is 642. The molecule has 2 N–H and O–H groups in total. The number of para-hydroxylation sites is 2. The van der Waals surface area contributed by atoms with Crippen molar-refractivity contribution in [3.8, 4) is 5.75 Å². The van der Waals surface area contributed by atoms with Crippen LogP contribution in [-0.4, -0.2) is 13.2 Å². The molecular formula is C17H19ClN2O. The molecular weight excluding hydrogens is 284 g/mol. The summed E-state index contributed by atoms with van der Waals surface area (Å²) in [5.74, 6) is 0.905. The van der Waals surface area contributed by atoms with Gasteiger partial charge in [-0.05, 0) is 43.2 Å². The number of hydrogen-bond donors (Lipinski definition) is 1. The van der Waals surface area contributed by atoms with Crippen molar-refractivity contribution in [3.63, 3.8) is 0 Å². The van der Waals surface area contributed by atoms with Gasteiger partial charge in [0, 0.05) is 12.6 Å². The predicted molar refractivity (Wildman–Crippen MR) is 87.6 cm³/mol. The molecule has 0 saturated carbocycles. The highest BCUT2D eigenvalue weighted by Gasteiger charge is 2.19. The summed E-state index contributed by atoms with van der Waals surface area (Å²) in [5.41, 5.74) is 9.02. The lowest BCUT2D eigenvalue weighted by atomic mass is 10.1. The van der Waals surface area contributed by atoms with Crippen LogP contribution in [0.3, 0.4) is 0 Å². The van der Waals surface area contributed by atoms with Crippen LogP contribution in [0.25, 0.3) is 0 Å². The highest BCUT2D eigenvalue weighted by Crippen LogP contribution is 2.39. The quantitative estimate of drug-likeness (QED) is 0.900. The van der Waals surface area contributed by atoms with Crippen LogP contribution in [0.1, 0.15) is 24.9 Å². The van der Waals surface area contributed by atoms with Gasteiger partial charge in [-0.3, -0.25) is 0 Å². The minimum Gasteiger partial charge on any atom is -0.491 e. The van der Waals surface area contributed by atoms with E-state index in [-0.39, 0.29) is 6.04 Å². The SMILES string of the molecule is CC(N)c1ccc(N2CCCOc3ccccc32)c(Cl)c1. The number of nitrogens with zero attached hydrogens (tertiary/aromatic N) is 1. The van der Waals surface area contributed by atoms with Crippen molar-refractivity contribution in [1.82, 2.24) is 0 Å². The molecule has 4 heteroatoms. The molecule has 0 radical (unpaired) electrons. The molecule has 2 aromatic rings. The molecule has 0 spiro atoms. The first-order valence-corrected chi connectivity index (χ1v) is 7.59. The Morgan fingerprint density at radius 1 is 1.19 bits per heavy atom. The predicted octanol–water partition coefficient (Wildman–Crippen LogP) is 4.28. The van der Waals surface area contributed by atoms with Crippen molar-refractivity contribution in [1.29, 1.82) is 0 Å². The van der Waals surface area contributed by atoms with E-state index in [1.165, 1.54) is 0 Å². The van der Waals surface area contributed by atoms with Gasteiger partial charge in [0.05, 0.1) is 23.0 Å². The molecule has 1 aliphatic heterocycles. The maximum Gasteiger partial charge on any atom is 0.142 e. The molecule has 0 bridgehead atoms. The van der Waals surface area contributed by atoms with E-state index in [9.17, 15) is 0 Å². The molecule has 1 atom stereocenters. The summed E-state index contributed by atoms with van der Waals surface area (Å²) in [6.07, 6.45) is 0.958. The fourth-order valence-corrected chi connectivity index (χ4v) is 2.89. The van der Waals surface area contributed by atoms with Crippen LogP contribution < -0.4 is 15.4 Å². The fraction of sp³-hybridized carbons (Fsp3) is 0.294. The van der Waals surface area contributed by atoms with E-state index < -0.39 is 0 Å². The number of nitrogens with two attached hydrogens (primary N) is 1. The molecule has 2 aromatic carbocycles. The van der Waals surface area contributed by atoms with Gasteiger partial charge in [-0.15, -0.1) is 0 Å². The number of anilines is 2. The van der Waals surface area contributed by atoms with Crippen molar-refractivity contribution in [3.05, 3.63) is 53.1 Å². The Hall–Kier alpha value is -1.71. The third-order valence-corrected chi connectivity index (χ3v) is 4.03. The smallest absolute Gasteiger partial charge is 0.142 e. The monoisotopic (exact) mass is 302 g/mol. The lowest BCUT2D eigenvalue weighted by Crippen LogP contribution is -2.18. The van der Waals surface area contributed by atoms with Crippen molar-refractivity contribution < 1.29 is 4.74 Å². The molecule has 1 heterocycles. The summed E-state index contributed by atoms with van der Waals surface area (Å²) in [4.78, 5) is 2.22. The third-order valence-electron chi connectivity index (χ3n) is 3.73. The second-order valence-electron chi connectivity index (χ2n) is 5.32. The molecule has 21 heavy (non-hydrogen) atoms. The van der Waals surface area contributed by atoms with Crippen LogP contribution >= 0.6 is 11.6 Å². The minimum absolute atomic E-state index is 0.0173. The molecule has 3 nitrogen and oxygen atoms in total. The van der Waals surface area contributed by atoms with E-state index in [1.54, 1.807) is 0 Å². The second kappa shape index (κ2) is 5.96. The number of ether oxygens (including phenoxy) is 1. The summed E-state index contributed by atoms with van der Waals surface area (Å²) in [7, 11) is 0. The van der Waals surface area contributed by atoms with Crippen LogP contribution in [0.15, 0.2) is 42.5 Å². The average Bonchev–Trinajstić information content (AvgIpc) is 2.69. The highest BCUT2D eigenvalue weighted by atomic mass is 35.5. The second-order valence-corrected chi connectivity index (χ2v) is 5.73. The van der Waals surface area contributed by atoms with Crippen molar-refractivity contribution in [2.45, 2.75) is 19.4 Å². The molecule has 0 saturated heterocycles. The Balaban J connectivity index is 2.04. The molecule has 110 valence electrons. The van der Waals surface area contributed by atoms with Crippen LogP contribution in [0.4, 0.5) is 11.4 Å². The van der Waals surface area contributed by atoms with Crippen LogP contribution in [-0.2, 0) is 0 Å². The Morgan fingerprint density at radius 2 is 2.00 bits per heavy atom. The van der Waals surface area contributed by atoms with Gasteiger partial charge >= 0.3 is 0 Å². The zero-order valence-corrected chi connectivity index (χ0v) is 12.8. The largest absolute Gasteiger partial charge is 0.491 e. The summed E-state index contributed by atoms with van der Waals surface area (Å²) < 4.78 is 5.80. The highest BCUT2D eigenvalue weighted by molar-refractivity contribution is 6.33. The first-order chi connectivity index (χ1) is 10.2. The first kappa shape index (κ1) is 14.2. The summed E-state index contributed by atoms with van der Waals surface area (Å²) in [5, 5.41) is 0.724. The number of hydrogen-bond acceptors (Lipinski definition) is 3. The van der Waals surface area contributed by atoms with E-state index in [0.717, 1.165) is 47.3 Å². The van der Waals surface area contributed by atoms with E-state index >= 15 is 0 Å². The van der Waals surface area contributed by atoms with Crippen LogP contribution in [0.2, 0.25) is 5.02 Å². The van der Waals surface area contributed by atoms with Crippen LogP contribution in [0.5, 0.6) is 5.75 Å². The van der Waals surface area contributed by atoms with E-state index in [1.807, 2.05) is 43.3 Å². The lowest BCUT2D eigenvalue weighted by Gasteiger charge is -2.25. The number of halogens is 1. The maximum absolute atomic E-state index is 6.49. The van der Waals surface area contributed by atoms with Crippen LogP contribution in [0, 0.1) is 0 Å². The van der Waals surface area contributed by atoms with Gasteiger partial charge in [0.25, 0.3) is 0 Å². The van der Waals surface area contributed by atoms with Gasteiger partial charge in [-0.2, -0.15) is 0 Å². The number of rotatable bonds is 2. The molecule has 0 fully saturated rings. The van der Waals surface area contributed by atoms with E-state index in [2.05, 4.69) is 11.0 Å². The number of fused-ring (bicyclic) bond motifs is 1. The standard InChI is InChI=1S/C17H19ClN2O/c1-12(19)13-7-8-15(14(18)11-13)20-9-4-10-21-17-6-3-2-5-16(17)20/h2-3,5-8,11-12H,4,9-10,19H2,1H3. The summed E-state index contributed by atoms with van der Waals surface area (Å²) >= 11 is 6.49. The Labute approximate surface area is 130 Å². The zero-order chi connectivity index (χ0) is 14.8. The fourth-order valence-electron chi connectivity index (χ4n) is 2.60. The van der Waals surface area contributed by atoms with Crippen molar-refractivity contribution in [2.24, 2.45) is 5.73 Å². The Kier molecular flexibility index (Phi) is 4.04. The van der Waals surface area contributed by atoms with E-state index in [0.29, 0.717) is 0 Å². The zero-order valence-electron chi connectivity index (χ0n) is 12.1. The molecule has 3 rings (SSSR count). The lowest BCUT2D eigenvalue weighted by molar-refractivity contribution is 0.322. The van der Waals surface area contributed by atoms with Gasteiger partial charge in [0.1, 0.15) is 5.75 Å². The number of benzene rings is 2. The topological polar surface area (TPSA) is 38.5 Å². The van der Waals surface area contributed by atoms with Gasteiger partial charge in [-0.25, -0.2) is 0 Å². The van der Waals surface area contributed by atoms with E-state index in [4.69, 9.17) is 22.1 Å². The van der Waals surface area contributed by atoms with Crippen molar-refractivity contribution in [2.75, 3.05) is 18.1 Å². The van der Waals surface area contributed by atoms with Gasteiger partial charge in [-0.1, -0.05) is 29.8 Å². The molecule has 1 aliphatic rings. The maximum atomic E-state index is 6.49. The van der Waals surface area contributed by atoms with Gasteiger partial charge < -0.3 is 15.4 Å². The third kappa shape index (κ3) is 2.85. The normalized spacial score (nSPS) is 15.9. The molecule has 0 aromatic heterocycles. The molecule has 0 amide bonds. The van der Waals surface area contributed by atoms with Gasteiger partial charge in [0.15, 0.2) is 0 Å². The van der Waals surface area contributed by atoms with Gasteiger partial charge in [0.2, 0.25) is 0 Å².